The molecule has 28 heavy (non-hydrogen) atoms. The van der Waals surface area contributed by atoms with E-state index >= 15 is 0 Å². The Balaban J connectivity index is 1.76. The molecule has 2 aromatic heterocycles. The predicted octanol–water partition coefficient (Wildman–Crippen LogP) is 3.81. The van der Waals surface area contributed by atoms with E-state index in [4.69, 9.17) is 0 Å². The number of hydrogen-bond donors (Lipinski definition) is 0. The van der Waals surface area contributed by atoms with Gasteiger partial charge in [-0.1, -0.05) is 17.8 Å². The molecular formula is C20H20FN5OS. The molecule has 1 aromatic carbocycles. The summed E-state index contributed by atoms with van der Waals surface area (Å²) < 4.78 is 15.1. The number of hydrogen-bond acceptors (Lipinski definition) is 5. The lowest BCUT2D eigenvalue weighted by Gasteiger charge is -2.20. The maximum atomic E-state index is 13.1. The van der Waals surface area contributed by atoms with Crippen LogP contribution in [0.15, 0.2) is 66.6 Å². The van der Waals surface area contributed by atoms with Gasteiger partial charge < -0.3 is 4.90 Å². The minimum atomic E-state index is -0.331. The van der Waals surface area contributed by atoms with E-state index < -0.39 is 0 Å². The van der Waals surface area contributed by atoms with Crippen molar-refractivity contribution in [1.82, 2.24) is 19.7 Å². The summed E-state index contributed by atoms with van der Waals surface area (Å²) in [6.07, 6.45) is 5.15. The molecule has 1 amide bonds. The third kappa shape index (κ3) is 4.45. The number of halogens is 1. The lowest BCUT2D eigenvalue weighted by atomic mass is 10.2. The van der Waals surface area contributed by atoms with Crippen LogP contribution in [0.3, 0.4) is 0 Å². The average molecular weight is 397 g/mol. The van der Waals surface area contributed by atoms with E-state index in [9.17, 15) is 9.18 Å². The number of carbonyl (C=O) groups excluding carboxylic acids is 1. The van der Waals surface area contributed by atoms with Gasteiger partial charge in [0.2, 0.25) is 5.91 Å². The zero-order valence-electron chi connectivity index (χ0n) is 15.5. The van der Waals surface area contributed by atoms with E-state index in [2.05, 4.69) is 21.8 Å². The molecule has 0 aliphatic rings. The summed E-state index contributed by atoms with van der Waals surface area (Å²) in [7, 11) is 0. The van der Waals surface area contributed by atoms with E-state index in [1.54, 1.807) is 35.5 Å². The molecule has 8 heteroatoms. The molecule has 0 bridgehead atoms. The van der Waals surface area contributed by atoms with Crippen LogP contribution in [0.1, 0.15) is 6.92 Å². The van der Waals surface area contributed by atoms with Gasteiger partial charge in [-0.2, -0.15) is 0 Å². The number of pyridine rings is 1. The second kappa shape index (κ2) is 9.27. The first kappa shape index (κ1) is 19.8. The second-order valence-electron chi connectivity index (χ2n) is 5.84. The maximum Gasteiger partial charge on any atom is 0.237 e. The van der Waals surface area contributed by atoms with E-state index in [-0.39, 0.29) is 17.5 Å². The first-order valence-electron chi connectivity index (χ1n) is 8.77. The number of allylic oxidation sites excluding steroid dienone is 1. The summed E-state index contributed by atoms with van der Waals surface area (Å²) in [6, 6.07) is 9.61. The fourth-order valence-corrected chi connectivity index (χ4v) is 3.56. The molecule has 0 aliphatic heterocycles. The summed E-state index contributed by atoms with van der Waals surface area (Å²) in [5.74, 6) is 0.472. The number of amides is 1. The topological polar surface area (TPSA) is 63.9 Å². The molecule has 0 saturated carbocycles. The van der Waals surface area contributed by atoms with E-state index in [1.807, 2.05) is 23.6 Å². The highest BCUT2D eigenvalue weighted by Gasteiger charge is 2.18. The Hall–Kier alpha value is -3.00. The Morgan fingerprint density at radius 1 is 1.21 bits per heavy atom. The van der Waals surface area contributed by atoms with E-state index in [1.165, 1.54) is 23.9 Å². The van der Waals surface area contributed by atoms with Gasteiger partial charge in [-0.3, -0.25) is 14.3 Å². The van der Waals surface area contributed by atoms with Crippen molar-refractivity contribution in [2.75, 3.05) is 17.2 Å². The molecule has 0 radical (unpaired) electrons. The molecule has 0 unspecified atom stereocenters. The third-order valence-corrected chi connectivity index (χ3v) is 5.00. The third-order valence-electron chi connectivity index (χ3n) is 4.05. The van der Waals surface area contributed by atoms with Gasteiger partial charge in [0, 0.05) is 36.7 Å². The van der Waals surface area contributed by atoms with Crippen LogP contribution in [0, 0.1) is 5.82 Å². The highest BCUT2D eigenvalue weighted by atomic mass is 32.2. The largest absolute Gasteiger partial charge is 0.312 e. The molecule has 0 atom stereocenters. The summed E-state index contributed by atoms with van der Waals surface area (Å²) >= 11 is 1.31. The second-order valence-corrected chi connectivity index (χ2v) is 6.79. The van der Waals surface area contributed by atoms with Crippen LogP contribution in [0.5, 0.6) is 0 Å². The Labute approximate surface area is 167 Å². The number of thioether (sulfide) groups is 1. The summed E-state index contributed by atoms with van der Waals surface area (Å²) in [5.41, 5.74) is 1.56. The van der Waals surface area contributed by atoms with Gasteiger partial charge in [0.1, 0.15) is 5.82 Å². The number of carbonyl (C=O) groups is 1. The van der Waals surface area contributed by atoms with E-state index in [0.29, 0.717) is 29.8 Å². The maximum absolute atomic E-state index is 13.1. The normalized spacial score (nSPS) is 10.6. The summed E-state index contributed by atoms with van der Waals surface area (Å²) in [5, 5.41) is 9.14. The molecular weight excluding hydrogens is 377 g/mol. The van der Waals surface area contributed by atoms with Gasteiger partial charge in [-0.25, -0.2) is 4.39 Å². The lowest BCUT2D eigenvalue weighted by molar-refractivity contribution is -0.116. The average Bonchev–Trinajstić information content (AvgIpc) is 3.12. The van der Waals surface area contributed by atoms with Crippen molar-refractivity contribution in [2.24, 2.45) is 0 Å². The van der Waals surface area contributed by atoms with Gasteiger partial charge >= 0.3 is 0 Å². The fourth-order valence-electron chi connectivity index (χ4n) is 2.73. The Kier molecular flexibility index (Phi) is 6.54. The van der Waals surface area contributed by atoms with Crippen molar-refractivity contribution in [3.63, 3.8) is 0 Å². The smallest absolute Gasteiger partial charge is 0.237 e. The predicted molar refractivity (Wildman–Crippen MR) is 109 cm³/mol. The first-order chi connectivity index (χ1) is 13.6. The van der Waals surface area contributed by atoms with Crippen LogP contribution in [0.4, 0.5) is 10.1 Å². The molecule has 0 aliphatic carbocycles. The van der Waals surface area contributed by atoms with Gasteiger partial charge in [0.15, 0.2) is 11.0 Å². The molecule has 2 heterocycles. The van der Waals surface area contributed by atoms with Crippen molar-refractivity contribution in [3.05, 3.63) is 67.3 Å². The molecule has 0 N–H and O–H groups in total. The number of nitrogens with zero attached hydrogens (tertiary/aromatic N) is 5. The molecule has 6 nitrogen and oxygen atoms in total. The highest BCUT2D eigenvalue weighted by Crippen LogP contribution is 2.25. The van der Waals surface area contributed by atoms with Crippen LogP contribution in [-0.2, 0) is 11.3 Å². The van der Waals surface area contributed by atoms with Crippen molar-refractivity contribution in [2.45, 2.75) is 18.6 Å². The lowest BCUT2D eigenvalue weighted by Crippen LogP contribution is -2.32. The quantitative estimate of drug-likeness (QED) is 0.427. The van der Waals surface area contributed by atoms with Crippen LogP contribution >= 0.6 is 11.8 Å². The SMILES string of the molecule is C=CCn1c(SCC(=O)N(CC)c2ccc(F)cc2)nnc1-c1ccncc1. The van der Waals surface area contributed by atoms with Gasteiger partial charge in [0.05, 0.1) is 5.75 Å². The summed E-state index contributed by atoms with van der Waals surface area (Å²) in [4.78, 5) is 18.3. The van der Waals surface area contributed by atoms with Crippen molar-refractivity contribution in [1.29, 1.82) is 0 Å². The first-order valence-corrected chi connectivity index (χ1v) is 9.75. The Morgan fingerprint density at radius 2 is 1.93 bits per heavy atom. The zero-order valence-corrected chi connectivity index (χ0v) is 16.3. The van der Waals surface area contributed by atoms with E-state index in [0.717, 1.165) is 5.56 Å². The van der Waals surface area contributed by atoms with Crippen molar-refractivity contribution < 1.29 is 9.18 Å². The number of benzene rings is 1. The summed E-state index contributed by atoms with van der Waals surface area (Å²) in [6.45, 7) is 6.69. The minimum Gasteiger partial charge on any atom is -0.312 e. The van der Waals surface area contributed by atoms with Crippen LogP contribution in [0.2, 0.25) is 0 Å². The van der Waals surface area contributed by atoms with Gasteiger partial charge in [-0.15, -0.1) is 16.8 Å². The number of anilines is 1. The van der Waals surface area contributed by atoms with Crippen molar-refractivity contribution >= 4 is 23.4 Å². The number of aromatic nitrogens is 4. The molecule has 3 rings (SSSR count). The molecule has 0 fully saturated rings. The minimum absolute atomic E-state index is 0.0854. The highest BCUT2D eigenvalue weighted by molar-refractivity contribution is 7.99. The van der Waals surface area contributed by atoms with Crippen LogP contribution in [0.25, 0.3) is 11.4 Å². The Bertz CT molecular complexity index is 943. The fraction of sp³-hybridized carbons (Fsp3) is 0.200. The zero-order chi connectivity index (χ0) is 19.9. The number of rotatable bonds is 8. The molecule has 0 saturated heterocycles. The van der Waals surface area contributed by atoms with Gasteiger partial charge in [-0.05, 0) is 43.3 Å². The van der Waals surface area contributed by atoms with Crippen LogP contribution in [-0.4, -0.2) is 38.0 Å². The standard InChI is InChI=1S/C20H20FN5OS/c1-3-13-26-19(15-9-11-22-12-10-15)23-24-20(26)28-14-18(27)25(4-2)17-7-5-16(21)6-8-17/h3,5-12H,1,4,13-14H2,2H3. The van der Waals surface area contributed by atoms with Gasteiger partial charge in [0.25, 0.3) is 0 Å². The van der Waals surface area contributed by atoms with Crippen molar-refractivity contribution in [3.8, 4) is 11.4 Å². The monoisotopic (exact) mass is 397 g/mol. The molecule has 144 valence electrons. The van der Waals surface area contributed by atoms with Crippen LogP contribution < -0.4 is 4.90 Å². The molecule has 3 aromatic rings. The molecule has 0 spiro atoms. The Morgan fingerprint density at radius 3 is 2.57 bits per heavy atom.